The molecule has 0 aliphatic heterocycles. The molecule has 0 aliphatic rings. The lowest BCUT2D eigenvalue weighted by atomic mass is 10.3. The van der Waals surface area contributed by atoms with E-state index >= 15 is 0 Å². The Morgan fingerprint density at radius 2 is 2.06 bits per heavy atom. The molecule has 0 radical (unpaired) electrons. The maximum atomic E-state index is 11.7. The van der Waals surface area contributed by atoms with Crippen LogP contribution in [-0.4, -0.2) is 55.7 Å². The van der Waals surface area contributed by atoms with Gasteiger partial charge in [-0.1, -0.05) is 5.92 Å². The summed E-state index contributed by atoms with van der Waals surface area (Å²) in [7, 11) is -2.58. The van der Waals surface area contributed by atoms with E-state index in [0.29, 0.717) is 4.31 Å². The highest BCUT2D eigenvalue weighted by atomic mass is 32.2. The van der Waals surface area contributed by atoms with Crippen LogP contribution in [0.4, 0.5) is 0 Å². The fourth-order valence-corrected chi connectivity index (χ4v) is 2.48. The van der Waals surface area contributed by atoms with Crippen molar-refractivity contribution in [2.24, 2.45) is 0 Å². The summed E-state index contributed by atoms with van der Waals surface area (Å²) in [5.41, 5.74) is 0. The third kappa shape index (κ3) is 6.22. The van der Waals surface area contributed by atoms with E-state index in [1.807, 2.05) is 0 Å². The van der Waals surface area contributed by atoms with E-state index in [9.17, 15) is 18.0 Å². The van der Waals surface area contributed by atoms with Crippen molar-refractivity contribution in [3.63, 3.8) is 0 Å². The van der Waals surface area contributed by atoms with Gasteiger partial charge in [-0.15, -0.1) is 6.42 Å². The number of hydrogen-bond acceptors (Lipinski definition) is 5. The molecule has 0 aromatic heterocycles. The molecule has 0 spiro atoms. The van der Waals surface area contributed by atoms with Gasteiger partial charge < -0.3 is 9.84 Å². The number of carboxylic acid groups (broad SMARTS) is 1. The number of aliphatic carboxylic acids is 1. The van der Waals surface area contributed by atoms with Crippen LogP contribution in [-0.2, 0) is 24.3 Å². The van der Waals surface area contributed by atoms with Crippen molar-refractivity contribution in [2.45, 2.75) is 12.8 Å². The number of carboxylic acids is 1. The highest BCUT2D eigenvalue weighted by Crippen LogP contribution is 2.05. The van der Waals surface area contributed by atoms with E-state index in [2.05, 4.69) is 10.7 Å². The molecule has 0 aliphatic carbocycles. The molecule has 0 rings (SSSR count). The Balaban J connectivity index is 4.51. The zero-order valence-electron chi connectivity index (χ0n) is 9.96. The summed E-state index contributed by atoms with van der Waals surface area (Å²) in [6, 6.07) is 0. The van der Waals surface area contributed by atoms with Gasteiger partial charge in [0.15, 0.2) is 0 Å². The normalized spacial score (nSPS) is 10.9. The lowest BCUT2D eigenvalue weighted by Crippen LogP contribution is -2.37. The first-order valence-electron chi connectivity index (χ1n) is 5.03. The van der Waals surface area contributed by atoms with E-state index in [1.165, 1.54) is 7.11 Å². The number of methoxy groups -OCH3 is 1. The molecule has 0 saturated carbocycles. The standard InChI is InChI=1S/C10H15NO6S/c1-3-6-11(8-9(12)13)18(15,16)7-4-5-10(14)17-2/h1H,4-8H2,2H3,(H,12,13). The predicted octanol–water partition coefficient (Wildman–Crippen LogP) is -0.711. The summed E-state index contributed by atoms with van der Waals surface area (Å²) in [6.07, 6.45) is 4.98. The van der Waals surface area contributed by atoms with Crippen LogP contribution >= 0.6 is 0 Å². The quantitative estimate of drug-likeness (QED) is 0.464. The van der Waals surface area contributed by atoms with Crippen molar-refractivity contribution in [3.05, 3.63) is 0 Å². The van der Waals surface area contributed by atoms with Crippen molar-refractivity contribution in [1.82, 2.24) is 4.31 Å². The number of esters is 1. The molecule has 18 heavy (non-hydrogen) atoms. The fraction of sp³-hybridized carbons (Fsp3) is 0.600. The number of hydrogen-bond donors (Lipinski definition) is 1. The van der Waals surface area contributed by atoms with Gasteiger partial charge in [0.1, 0.15) is 6.54 Å². The second-order valence-corrected chi connectivity index (χ2v) is 5.45. The first kappa shape index (κ1) is 16.4. The van der Waals surface area contributed by atoms with Crippen molar-refractivity contribution >= 4 is 22.0 Å². The van der Waals surface area contributed by atoms with Crippen LogP contribution in [0.15, 0.2) is 0 Å². The largest absolute Gasteiger partial charge is 0.480 e. The molecule has 0 aromatic rings. The van der Waals surface area contributed by atoms with Gasteiger partial charge in [0.2, 0.25) is 10.0 Å². The van der Waals surface area contributed by atoms with Gasteiger partial charge in [-0.2, -0.15) is 4.31 Å². The molecule has 7 nitrogen and oxygen atoms in total. The van der Waals surface area contributed by atoms with Gasteiger partial charge in [0, 0.05) is 6.42 Å². The summed E-state index contributed by atoms with van der Waals surface area (Å²) < 4.78 is 28.5. The van der Waals surface area contributed by atoms with Gasteiger partial charge in [-0.05, 0) is 6.42 Å². The number of rotatable bonds is 8. The predicted molar refractivity (Wildman–Crippen MR) is 63.1 cm³/mol. The Kier molecular flexibility index (Phi) is 7.00. The smallest absolute Gasteiger partial charge is 0.318 e. The molecule has 102 valence electrons. The highest BCUT2D eigenvalue weighted by Gasteiger charge is 2.23. The van der Waals surface area contributed by atoms with Crippen molar-refractivity contribution < 1.29 is 27.9 Å². The third-order valence-corrected chi connectivity index (χ3v) is 3.83. The van der Waals surface area contributed by atoms with Gasteiger partial charge in [0.05, 0.1) is 19.4 Å². The van der Waals surface area contributed by atoms with Crippen LogP contribution in [0.3, 0.4) is 0 Å². The van der Waals surface area contributed by atoms with Gasteiger partial charge in [-0.3, -0.25) is 9.59 Å². The number of terminal acetylenes is 1. The van der Waals surface area contributed by atoms with E-state index in [1.54, 1.807) is 0 Å². The van der Waals surface area contributed by atoms with E-state index < -0.39 is 28.5 Å². The molecule has 0 heterocycles. The summed E-state index contributed by atoms with van der Waals surface area (Å²) in [5, 5.41) is 8.58. The second kappa shape index (κ2) is 7.68. The lowest BCUT2D eigenvalue weighted by molar-refractivity contribution is -0.140. The van der Waals surface area contributed by atoms with Crippen molar-refractivity contribution in [2.75, 3.05) is 26.0 Å². The molecule has 0 unspecified atom stereocenters. The summed E-state index contributed by atoms with van der Waals surface area (Å²) in [6.45, 7) is -1.00. The van der Waals surface area contributed by atoms with E-state index in [-0.39, 0.29) is 25.1 Å². The highest BCUT2D eigenvalue weighted by molar-refractivity contribution is 7.89. The number of nitrogens with zero attached hydrogens (tertiary/aromatic N) is 1. The SMILES string of the molecule is C#CCN(CC(=O)O)S(=O)(=O)CCCC(=O)OC. The minimum atomic E-state index is -3.78. The Morgan fingerprint density at radius 1 is 1.44 bits per heavy atom. The van der Waals surface area contributed by atoms with Crippen LogP contribution in [0.25, 0.3) is 0 Å². The molecular formula is C10H15NO6S. The zero-order valence-corrected chi connectivity index (χ0v) is 10.8. The summed E-state index contributed by atoms with van der Waals surface area (Å²) in [4.78, 5) is 21.3. The molecule has 0 atom stereocenters. The van der Waals surface area contributed by atoms with Crippen LogP contribution in [0.1, 0.15) is 12.8 Å². The second-order valence-electron chi connectivity index (χ2n) is 3.36. The van der Waals surface area contributed by atoms with Gasteiger partial charge in [0.25, 0.3) is 0 Å². The Labute approximate surface area is 106 Å². The topological polar surface area (TPSA) is 101 Å². The first-order chi connectivity index (χ1) is 8.33. The average molecular weight is 277 g/mol. The third-order valence-electron chi connectivity index (χ3n) is 1.98. The van der Waals surface area contributed by atoms with E-state index in [0.717, 1.165) is 0 Å². The maximum absolute atomic E-state index is 11.7. The Bertz CT molecular complexity index is 436. The molecule has 0 bridgehead atoms. The summed E-state index contributed by atoms with van der Waals surface area (Å²) >= 11 is 0. The molecular weight excluding hydrogens is 262 g/mol. The van der Waals surface area contributed by atoms with E-state index in [4.69, 9.17) is 11.5 Å². The molecule has 8 heteroatoms. The zero-order chi connectivity index (χ0) is 14.2. The van der Waals surface area contributed by atoms with Crippen LogP contribution in [0, 0.1) is 12.3 Å². The van der Waals surface area contributed by atoms with Crippen LogP contribution < -0.4 is 0 Å². The minimum Gasteiger partial charge on any atom is -0.480 e. The van der Waals surface area contributed by atoms with Gasteiger partial charge in [-0.25, -0.2) is 8.42 Å². The van der Waals surface area contributed by atoms with Gasteiger partial charge >= 0.3 is 11.9 Å². The number of sulfonamides is 1. The fourth-order valence-electron chi connectivity index (χ4n) is 1.14. The Morgan fingerprint density at radius 3 is 2.50 bits per heavy atom. The lowest BCUT2D eigenvalue weighted by Gasteiger charge is -2.17. The van der Waals surface area contributed by atoms with Crippen molar-refractivity contribution in [1.29, 1.82) is 0 Å². The summed E-state index contributed by atoms with van der Waals surface area (Å²) in [5.74, 6) is -0.0801. The molecule has 0 saturated heterocycles. The first-order valence-corrected chi connectivity index (χ1v) is 6.64. The number of carbonyl (C=O) groups is 2. The molecule has 0 fully saturated rings. The molecule has 1 N–H and O–H groups in total. The molecule has 0 amide bonds. The average Bonchev–Trinajstić information content (AvgIpc) is 2.27. The monoisotopic (exact) mass is 277 g/mol. The van der Waals surface area contributed by atoms with Crippen LogP contribution in [0.2, 0.25) is 0 Å². The van der Waals surface area contributed by atoms with Crippen LogP contribution in [0.5, 0.6) is 0 Å². The van der Waals surface area contributed by atoms with Crippen molar-refractivity contribution in [3.8, 4) is 12.3 Å². The number of carbonyl (C=O) groups excluding carboxylic acids is 1. The minimum absolute atomic E-state index is 0.0489. The Hall–Kier alpha value is -1.59. The maximum Gasteiger partial charge on any atom is 0.318 e. The number of ether oxygens (including phenoxy) is 1. The molecule has 0 aromatic carbocycles.